The maximum Gasteiger partial charge on any atom is 0.154 e. The number of aryl methyl sites for hydroxylation is 1. The van der Waals surface area contributed by atoms with Crippen LogP contribution in [-0.4, -0.2) is 16.5 Å². The molecule has 0 aliphatic heterocycles. The predicted octanol–water partition coefficient (Wildman–Crippen LogP) is 1.01. The first kappa shape index (κ1) is 8.74. The third-order valence-corrected chi connectivity index (χ3v) is 1.68. The van der Waals surface area contributed by atoms with Crippen molar-refractivity contribution in [1.29, 1.82) is 0 Å². The van der Waals surface area contributed by atoms with Crippen LogP contribution in [0.1, 0.15) is 21.5 Å². The van der Waals surface area contributed by atoms with E-state index in [0.29, 0.717) is 11.8 Å². The SMILES string of the molecule is Cc1cc(O)c(C=O)c(CO)c1. The summed E-state index contributed by atoms with van der Waals surface area (Å²) in [5, 5.41) is 18.1. The van der Waals surface area contributed by atoms with E-state index in [4.69, 9.17) is 5.11 Å². The Bertz CT molecular complexity index is 305. The van der Waals surface area contributed by atoms with Crippen LogP contribution < -0.4 is 0 Å². The number of aldehydes is 1. The van der Waals surface area contributed by atoms with Gasteiger partial charge in [0.15, 0.2) is 6.29 Å². The second-order valence-corrected chi connectivity index (χ2v) is 2.63. The molecule has 0 unspecified atom stereocenters. The van der Waals surface area contributed by atoms with Crippen LogP contribution >= 0.6 is 0 Å². The molecule has 0 saturated heterocycles. The van der Waals surface area contributed by atoms with E-state index in [1.165, 1.54) is 6.07 Å². The highest BCUT2D eigenvalue weighted by atomic mass is 16.3. The summed E-state index contributed by atoms with van der Waals surface area (Å²) in [6, 6.07) is 3.16. The minimum Gasteiger partial charge on any atom is -0.507 e. The number of phenols is 1. The van der Waals surface area contributed by atoms with Gasteiger partial charge in [0.2, 0.25) is 0 Å². The van der Waals surface area contributed by atoms with Crippen molar-refractivity contribution in [3.05, 3.63) is 28.8 Å². The zero-order chi connectivity index (χ0) is 9.14. The molecule has 1 aromatic rings. The molecule has 0 fully saturated rings. The number of rotatable bonds is 2. The molecule has 3 nitrogen and oxygen atoms in total. The molecule has 0 spiro atoms. The molecule has 0 bridgehead atoms. The molecule has 0 saturated carbocycles. The van der Waals surface area contributed by atoms with E-state index >= 15 is 0 Å². The predicted molar refractivity (Wildman–Crippen MR) is 44.2 cm³/mol. The third-order valence-electron chi connectivity index (χ3n) is 1.68. The largest absolute Gasteiger partial charge is 0.507 e. The van der Waals surface area contributed by atoms with Crippen LogP contribution in [0.5, 0.6) is 5.75 Å². The smallest absolute Gasteiger partial charge is 0.154 e. The van der Waals surface area contributed by atoms with E-state index in [1.54, 1.807) is 13.0 Å². The number of carbonyl (C=O) groups is 1. The lowest BCUT2D eigenvalue weighted by molar-refractivity contribution is 0.111. The van der Waals surface area contributed by atoms with Gasteiger partial charge in [-0.2, -0.15) is 0 Å². The molecule has 2 N–H and O–H groups in total. The molecule has 1 aromatic carbocycles. The van der Waals surface area contributed by atoms with Gasteiger partial charge in [-0.3, -0.25) is 4.79 Å². The molecule has 0 amide bonds. The molecular formula is C9H10O3. The summed E-state index contributed by atoms with van der Waals surface area (Å²) in [6.45, 7) is 1.55. The molecule has 3 heteroatoms. The Morgan fingerprint density at radius 3 is 2.67 bits per heavy atom. The van der Waals surface area contributed by atoms with Gasteiger partial charge in [0.25, 0.3) is 0 Å². The number of aliphatic hydroxyl groups excluding tert-OH is 1. The normalized spacial score (nSPS) is 9.83. The number of phenolic OH excluding ortho intramolecular Hbond substituents is 1. The van der Waals surface area contributed by atoms with Crippen molar-refractivity contribution in [3.63, 3.8) is 0 Å². The van der Waals surface area contributed by atoms with Crippen LogP contribution in [0.3, 0.4) is 0 Å². The van der Waals surface area contributed by atoms with Crippen LogP contribution in [0.2, 0.25) is 0 Å². The van der Waals surface area contributed by atoms with Crippen molar-refractivity contribution in [2.45, 2.75) is 13.5 Å². The fourth-order valence-electron chi connectivity index (χ4n) is 1.12. The molecule has 0 aromatic heterocycles. The van der Waals surface area contributed by atoms with Crippen LogP contribution in [0.15, 0.2) is 12.1 Å². The fourth-order valence-corrected chi connectivity index (χ4v) is 1.12. The van der Waals surface area contributed by atoms with Crippen molar-refractivity contribution < 1.29 is 15.0 Å². The highest BCUT2D eigenvalue weighted by Gasteiger charge is 2.06. The van der Waals surface area contributed by atoms with Crippen molar-refractivity contribution in [1.82, 2.24) is 0 Å². The summed E-state index contributed by atoms with van der Waals surface area (Å²) in [7, 11) is 0. The second kappa shape index (κ2) is 3.36. The van der Waals surface area contributed by atoms with Gasteiger partial charge in [-0.15, -0.1) is 0 Å². The van der Waals surface area contributed by atoms with Crippen molar-refractivity contribution in [2.24, 2.45) is 0 Å². The third kappa shape index (κ3) is 1.46. The van der Waals surface area contributed by atoms with Gasteiger partial charge in [0.05, 0.1) is 12.2 Å². The molecule has 64 valence electrons. The Labute approximate surface area is 70.3 Å². The standard InChI is InChI=1S/C9H10O3/c1-6-2-7(4-10)8(5-11)9(12)3-6/h2-3,5,10,12H,4H2,1H3. The summed E-state index contributed by atoms with van der Waals surface area (Å²) in [5.41, 5.74) is 1.45. The fraction of sp³-hybridized carbons (Fsp3) is 0.222. The van der Waals surface area contributed by atoms with Crippen LogP contribution in [0.25, 0.3) is 0 Å². The lowest BCUT2D eigenvalue weighted by Gasteiger charge is -2.04. The number of hydrogen-bond donors (Lipinski definition) is 2. The second-order valence-electron chi connectivity index (χ2n) is 2.63. The van der Waals surface area contributed by atoms with Gasteiger partial charge in [0.1, 0.15) is 5.75 Å². The summed E-state index contributed by atoms with van der Waals surface area (Å²) in [4.78, 5) is 10.4. The van der Waals surface area contributed by atoms with Crippen LogP contribution in [0, 0.1) is 6.92 Å². The first-order valence-corrected chi connectivity index (χ1v) is 3.57. The number of hydrogen-bond acceptors (Lipinski definition) is 3. The molecule has 0 radical (unpaired) electrons. The van der Waals surface area contributed by atoms with Crippen LogP contribution in [0.4, 0.5) is 0 Å². The van der Waals surface area contributed by atoms with E-state index < -0.39 is 0 Å². The van der Waals surface area contributed by atoms with E-state index in [2.05, 4.69) is 0 Å². The van der Waals surface area contributed by atoms with Gasteiger partial charge in [0, 0.05) is 0 Å². The minimum atomic E-state index is -0.233. The quantitative estimate of drug-likeness (QED) is 0.644. The molecule has 1 rings (SSSR count). The average molecular weight is 166 g/mol. The lowest BCUT2D eigenvalue weighted by Crippen LogP contribution is -1.93. The summed E-state index contributed by atoms with van der Waals surface area (Å²) in [5.74, 6) is -0.0750. The highest BCUT2D eigenvalue weighted by Crippen LogP contribution is 2.21. The van der Waals surface area contributed by atoms with E-state index in [1.807, 2.05) is 0 Å². The van der Waals surface area contributed by atoms with E-state index in [9.17, 15) is 9.90 Å². The number of carbonyl (C=O) groups excluding carboxylic acids is 1. The number of benzene rings is 1. The van der Waals surface area contributed by atoms with Crippen molar-refractivity contribution in [2.75, 3.05) is 0 Å². The Kier molecular flexibility index (Phi) is 2.45. The van der Waals surface area contributed by atoms with Gasteiger partial charge in [-0.25, -0.2) is 0 Å². The number of aliphatic hydroxyl groups is 1. The Hall–Kier alpha value is -1.35. The first-order chi connectivity index (χ1) is 5.69. The first-order valence-electron chi connectivity index (χ1n) is 3.57. The zero-order valence-corrected chi connectivity index (χ0v) is 6.74. The lowest BCUT2D eigenvalue weighted by atomic mass is 10.0. The Morgan fingerprint density at radius 1 is 1.50 bits per heavy atom. The zero-order valence-electron chi connectivity index (χ0n) is 6.74. The Balaban J connectivity index is 3.33. The van der Waals surface area contributed by atoms with Crippen molar-refractivity contribution >= 4 is 6.29 Å². The highest BCUT2D eigenvalue weighted by molar-refractivity contribution is 5.81. The molecule has 0 aliphatic carbocycles. The molecule has 12 heavy (non-hydrogen) atoms. The van der Waals surface area contributed by atoms with Crippen LogP contribution in [-0.2, 0) is 6.61 Å². The summed E-state index contributed by atoms with van der Waals surface area (Å²) in [6.07, 6.45) is 0.542. The molecule has 0 aliphatic rings. The average Bonchev–Trinajstić information content (AvgIpc) is 2.03. The Morgan fingerprint density at radius 2 is 2.17 bits per heavy atom. The summed E-state index contributed by atoms with van der Waals surface area (Å²) < 4.78 is 0. The van der Waals surface area contributed by atoms with E-state index in [-0.39, 0.29) is 17.9 Å². The summed E-state index contributed by atoms with van der Waals surface area (Å²) >= 11 is 0. The number of aromatic hydroxyl groups is 1. The van der Waals surface area contributed by atoms with E-state index in [0.717, 1.165) is 5.56 Å². The molecule has 0 atom stereocenters. The van der Waals surface area contributed by atoms with Gasteiger partial charge in [-0.1, -0.05) is 6.07 Å². The van der Waals surface area contributed by atoms with Gasteiger partial charge >= 0.3 is 0 Å². The molecular weight excluding hydrogens is 156 g/mol. The molecule has 0 heterocycles. The maximum absolute atomic E-state index is 10.4. The topological polar surface area (TPSA) is 57.5 Å². The van der Waals surface area contributed by atoms with Gasteiger partial charge in [-0.05, 0) is 24.1 Å². The monoisotopic (exact) mass is 166 g/mol. The maximum atomic E-state index is 10.4. The van der Waals surface area contributed by atoms with Crippen molar-refractivity contribution in [3.8, 4) is 5.75 Å². The minimum absolute atomic E-state index is 0.0750. The van der Waals surface area contributed by atoms with Gasteiger partial charge < -0.3 is 10.2 Å².